The molecule has 0 radical (unpaired) electrons. The van der Waals surface area contributed by atoms with Crippen molar-refractivity contribution in [2.75, 3.05) is 11.6 Å². The van der Waals surface area contributed by atoms with E-state index in [0.717, 1.165) is 6.42 Å². The van der Waals surface area contributed by atoms with Gasteiger partial charge in [0.2, 0.25) is 0 Å². The van der Waals surface area contributed by atoms with Gasteiger partial charge >= 0.3 is 0 Å². The number of rotatable bonds is 3. The zero-order valence-corrected chi connectivity index (χ0v) is 13.7. The summed E-state index contributed by atoms with van der Waals surface area (Å²) in [5.41, 5.74) is 5.58. The van der Waals surface area contributed by atoms with Gasteiger partial charge in [0, 0.05) is 17.3 Å². The van der Waals surface area contributed by atoms with Gasteiger partial charge in [0.25, 0.3) is 0 Å². The first-order valence-electron chi connectivity index (χ1n) is 7.14. The lowest BCUT2D eigenvalue weighted by Crippen LogP contribution is -2.16. The maximum atomic E-state index is 3.66. The molecule has 2 heteroatoms. The first-order valence-corrected chi connectivity index (χ1v) is 8.04. The van der Waals surface area contributed by atoms with Crippen LogP contribution in [0.5, 0.6) is 0 Å². The molecule has 1 aliphatic rings. The summed E-state index contributed by atoms with van der Waals surface area (Å²) in [7, 11) is 0. The van der Waals surface area contributed by atoms with Crippen LogP contribution < -0.4 is 5.32 Å². The van der Waals surface area contributed by atoms with E-state index in [0.29, 0.717) is 12.0 Å². The molecule has 106 valence electrons. The Hall–Kier alpha value is -0.890. The summed E-state index contributed by atoms with van der Waals surface area (Å²) in [4.78, 5) is 0. The average Bonchev–Trinajstić information content (AvgIpc) is 2.44. The predicted octanol–water partition coefficient (Wildman–Crippen LogP) is 5.27. The predicted molar refractivity (Wildman–Crippen MR) is 91.5 cm³/mol. The smallest absolute Gasteiger partial charge is 0.0448 e. The molecule has 0 amide bonds. The van der Waals surface area contributed by atoms with Gasteiger partial charge < -0.3 is 5.32 Å². The second kappa shape index (κ2) is 7.64. The van der Waals surface area contributed by atoms with Crippen molar-refractivity contribution in [2.24, 2.45) is 0 Å². The van der Waals surface area contributed by atoms with Crippen LogP contribution in [-0.2, 0) is 0 Å². The largest absolute Gasteiger partial charge is 0.382 e. The van der Waals surface area contributed by atoms with Gasteiger partial charge in [-0.1, -0.05) is 38.1 Å². The molecule has 0 bridgehead atoms. The number of fused-ring (bicyclic) bond motifs is 1. The molecule has 0 saturated heterocycles. The van der Waals surface area contributed by atoms with Crippen LogP contribution in [0.2, 0.25) is 0 Å². The average molecular weight is 277 g/mol. The lowest BCUT2D eigenvalue weighted by molar-refractivity contribution is 0.753. The highest BCUT2D eigenvalue weighted by Crippen LogP contribution is 2.36. The third kappa shape index (κ3) is 3.79. The highest BCUT2D eigenvalue weighted by molar-refractivity contribution is 7.79. The fraction of sp³-hybridized carbons (Fsp3) is 0.529. The van der Waals surface area contributed by atoms with E-state index in [1.54, 1.807) is 6.26 Å². The number of aryl methyl sites for hydroxylation is 1. The Morgan fingerprint density at radius 3 is 2.68 bits per heavy atom. The van der Waals surface area contributed by atoms with Crippen molar-refractivity contribution in [2.45, 2.75) is 52.5 Å². The summed E-state index contributed by atoms with van der Waals surface area (Å²) in [6, 6.07) is 5.07. The highest BCUT2D eigenvalue weighted by Gasteiger charge is 2.17. The van der Waals surface area contributed by atoms with Crippen molar-refractivity contribution in [1.29, 1.82) is 0 Å². The van der Waals surface area contributed by atoms with Crippen LogP contribution in [-0.4, -0.2) is 12.3 Å². The maximum Gasteiger partial charge on any atom is 0.0448 e. The highest BCUT2D eigenvalue weighted by atomic mass is 32.1. The van der Waals surface area contributed by atoms with Crippen LogP contribution in [0.25, 0.3) is 6.08 Å². The summed E-state index contributed by atoms with van der Waals surface area (Å²) in [6.45, 7) is 8.97. The minimum Gasteiger partial charge on any atom is -0.382 e. The van der Waals surface area contributed by atoms with Gasteiger partial charge in [0.1, 0.15) is 0 Å². The second-order valence-electron chi connectivity index (χ2n) is 5.25. The Labute approximate surface area is 123 Å². The molecule has 0 aliphatic heterocycles. The molecule has 1 nitrogen and oxygen atoms in total. The molecule has 2 unspecified atom stereocenters. The van der Waals surface area contributed by atoms with Crippen LogP contribution in [0.15, 0.2) is 18.2 Å². The molecule has 19 heavy (non-hydrogen) atoms. The van der Waals surface area contributed by atoms with E-state index in [-0.39, 0.29) is 0 Å². The summed E-state index contributed by atoms with van der Waals surface area (Å²) < 4.78 is 0. The SMILES string of the molecule is CCC(C)Nc1c(C)ccc2c1C=CCC2C.CS. The van der Waals surface area contributed by atoms with E-state index in [1.807, 2.05) is 0 Å². The van der Waals surface area contributed by atoms with Gasteiger partial charge in [-0.25, -0.2) is 0 Å². The molecule has 0 saturated carbocycles. The fourth-order valence-electron chi connectivity index (χ4n) is 2.41. The molecule has 1 aromatic rings. The number of hydrogen-bond donors (Lipinski definition) is 2. The van der Waals surface area contributed by atoms with Gasteiger partial charge in [-0.3, -0.25) is 0 Å². The third-order valence-corrected chi connectivity index (χ3v) is 3.80. The van der Waals surface area contributed by atoms with Crippen LogP contribution in [0.3, 0.4) is 0 Å². The Morgan fingerprint density at radius 2 is 2.05 bits per heavy atom. The first kappa shape index (κ1) is 16.2. The van der Waals surface area contributed by atoms with E-state index in [2.05, 4.69) is 69.9 Å². The molecule has 0 spiro atoms. The standard InChI is InChI=1S/C16H23N.CH4S/c1-5-13(4)17-16-12(3)9-10-14-11(2)7-6-8-15(14)16;1-2/h6,8-11,13,17H,5,7H2,1-4H3;2H,1H3. The Balaban J connectivity index is 0.000000861. The molecule has 2 rings (SSSR count). The number of allylic oxidation sites excluding steroid dienone is 1. The maximum absolute atomic E-state index is 3.66. The van der Waals surface area contributed by atoms with Crippen molar-refractivity contribution >= 4 is 24.4 Å². The van der Waals surface area contributed by atoms with E-state index < -0.39 is 0 Å². The fourth-order valence-corrected chi connectivity index (χ4v) is 2.41. The third-order valence-electron chi connectivity index (χ3n) is 3.80. The number of benzene rings is 1. The molecule has 1 aromatic carbocycles. The number of nitrogens with one attached hydrogen (secondary N) is 1. The molecule has 0 heterocycles. The molecule has 0 aromatic heterocycles. The Kier molecular flexibility index (Phi) is 6.50. The van der Waals surface area contributed by atoms with Crippen LogP contribution in [0.4, 0.5) is 5.69 Å². The number of anilines is 1. The van der Waals surface area contributed by atoms with Crippen LogP contribution in [0.1, 0.15) is 56.2 Å². The summed E-state index contributed by atoms with van der Waals surface area (Å²) >= 11 is 3.53. The van der Waals surface area contributed by atoms with Gasteiger partial charge in [-0.2, -0.15) is 12.6 Å². The summed E-state index contributed by atoms with van der Waals surface area (Å²) in [5.74, 6) is 0.646. The zero-order chi connectivity index (χ0) is 14.4. The zero-order valence-electron chi connectivity index (χ0n) is 12.8. The van der Waals surface area contributed by atoms with E-state index in [1.165, 1.54) is 28.8 Å². The monoisotopic (exact) mass is 277 g/mol. The molecular formula is C17H27NS. The molecular weight excluding hydrogens is 250 g/mol. The lowest BCUT2D eigenvalue weighted by Gasteiger charge is -2.24. The van der Waals surface area contributed by atoms with Crippen LogP contribution >= 0.6 is 12.6 Å². The second-order valence-corrected chi connectivity index (χ2v) is 5.25. The number of hydrogen-bond acceptors (Lipinski definition) is 2. The summed E-state index contributed by atoms with van der Waals surface area (Å²) in [5, 5.41) is 3.66. The summed E-state index contributed by atoms with van der Waals surface area (Å²) in [6.07, 6.45) is 8.60. The van der Waals surface area contributed by atoms with Crippen LogP contribution in [0, 0.1) is 6.92 Å². The normalized spacial score (nSPS) is 18.1. The molecule has 1 N–H and O–H groups in total. The van der Waals surface area contributed by atoms with Gasteiger partial charge in [-0.05, 0) is 50.0 Å². The van der Waals surface area contributed by atoms with E-state index in [9.17, 15) is 0 Å². The molecule has 0 fully saturated rings. The van der Waals surface area contributed by atoms with E-state index >= 15 is 0 Å². The van der Waals surface area contributed by atoms with Crippen molar-refractivity contribution in [3.8, 4) is 0 Å². The lowest BCUT2D eigenvalue weighted by atomic mass is 9.86. The topological polar surface area (TPSA) is 12.0 Å². The van der Waals surface area contributed by atoms with Crippen molar-refractivity contribution < 1.29 is 0 Å². The van der Waals surface area contributed by atoms with Crippen molar-refractivity contribution in [3.63, 3.8) is 0 Å². The minimum absolute atomic E-state index is 0.533. The van der Waals surface area contributed by atoms with Gasteiger partial charge in [0.05, 0.1) is 0 Å². The van der Waals surface area contributed by atoms with Gasteiger partial charge in [-0.15, -0.1) is 0 Å². The first-order chi connectivity index (χ1) is 9.13. The van der Waals surface area contributed by atoms with E-state index in [4.69, 9.17) is 0 Å². The minimum atomic E-state index is 0.533. The Bertz CT molecular complexity index is 437. The number of thiol groups is 1. The quantitative estimate of drug-likeness (QED) is 0.717. The Morgan fingerprint density at radius 1 is 1.37 bits per heavy atom. The molecule has 2 atom stereocenters. The van der Waals surface area contributed by atoms with Crippen molar-refractivity contribution in [1.82, 2.24) is 0 Å². The molecule has 1 aliphatic carbocycles. The van der Waals surface area contributed by atoms with Gasteiger partial charge in [0.15, 0.2) is 0 Å². The van der Waals surface area contributed by atoms with Crippen molar-refractivity contribution in [3.05, 3.63) is 34.9 Å².